The van der Waals surface area contributed by atoms with Gasteiger partial charge in [-0.25, -0.2) is 0 Å². The Balaban J connectivity index is 1.99. The molecule has 0 atom stereocenters. The van der Waals surface area contributed by atoms with E-state index in [4.69, 9.17) is 11.6 Å². The minimum absolute atomic E-state index is 0.344. The van der Waals surface area contributed by atoms with E-state index in [1.807, 2.05) is 4.68 Å². The van der Waals surface area contributed by atoms with E-state index in [1.165, 1.54) is 19.3 Å². The van der Waals surface area contributed by atoms with Gasteiger partial charge >= 0.3 is 0 Å². The summed E-state index contributed by atoms with van der Waals surface area (Å²) in [6, 6.07) is 0. The lowest BCUT2D eigenvalue weighted by molar-refractivity contribution is 0.0596. The van der Waals surface area contributed by atoms with Crippen LogP contribution in [0.25, 0.3) is 0 Å². The lowest BCUT2D eigenvalue weighted by atomic mass is 9.75. The summed E-state index contributed by atoms with van der Waals surface area (Å²) in [5.74, 6) is 0. The molecule has 0 bridgehead atoms. The predicted octanol–water partition coefficient (Wildman–Crippen LogP) is 2.69. The molecule has 1 aliphatic carbocycles. The molecular formula is C15H27ClN4. The van der Waals surface area contributed by atoms with Crippen molar-refractivity contribution in [1.82, 2.24) is 20.0 Å². The van der Waals surface area contributed by atoms with Crippen molar-refractivity contribution in [2.75, 3.05) is 20.6 Å². The van der Waals surface area contributed by atoms with Gasteiger partial charge in [-0.2, -0.15) is 5.10 Å². The Hall–Kier alpha value is -0.580. The van der Waals surface area contributed by atoms with E-state index in [0.29, 0.717) is 5.54 Å². The average molecular weight is 299 g/mol. The summed E-state index contributed by atoms with van der Waals surface area (Å²) in [6.07, 6.45) is 4.80. The van der Waals surface area contributed by atoms with E-state index in [9.17, 15) is 0 Å². The first-order chi connectivity index (χ1) is 9.54. The van der Waals surface area contributed by atoms with Crippen LogP contribution in [0.3, 0.4) is 0 Å². The second-order valence-corrected chi connectivity index (χ2v) is 6.33. The molecule has 114 valence electrons. The highest BCUT2D eigenvalue weighted by Crippen LogP contribution is 2.35. The molecule has 0 spiro atoms. The summed E-state index contributed by atoms with van der Waals surface area (Å²) >= 11 is 6.44. The SMILES string of the molecule is CCc1nn(CC)c(CNCC2(N(C)C)CCC2)c1Cl. The highest BCUT2D eigenvalue weighted by molar-refractivity contribution is 6.31. The fourth-order valence-electron chi connectivity index (χ4n) is 2.97. The van der Waals surface area contributed by atoms with E-state index in [2.05, 4.69) is 43.3 Å². The summed E-state index contributed by atoms with van der Waals surface area (Å²) < 4.78 is 2.03. The first-order valence-corrected chi connectivity index (χ1v) is 8.04. The van der Waals surface area contributed by atoms with Crippen molar-refractivity contribution in [3.05, 3.63) is 16.4 Å². The van der Waals surface area contributed by atoms with Crippen LogP contribution in [0, 0.1) is 0 Å². The summed E-state index contributed by atoms with van der Waals surface area (Å²) in [5.41, 5.74) is 2.48. The summed E-state index contributed by atoms with van der Waals surface area (Å²) in [6.45, 7) is 6.90. The van der Waals surface area contributed by atoms with E-state index >= 15 is 0 Å². The van der Waals surface area contributed by atoms with E-state index in [-0.39, 0.29) is 0 Å². The second-order valence-electron chi connectivity index (χ2n) is 5.95. The highest BCUT2D eigenvalue weighted by Gasteiger charge is 2.38. The van der Waals surface area contributed by atoms with Crippen LogP contribution >= 0.6 is 11.6 Å². The standard InChI is InChI=1S/C15H27ClN4/c1-5-12-14(16)13(20(6-2)18-12)10-17-11-15(19(3)4)8-7-9-15/h17H,5-11H2,1-4H3. The van der Waals surface area contributed by atoms with Crippen LogP contribution in [0.5, 0.6) is 0 Å². The monoisotopic (exact) mass is 298 g/mol. The number of halogens is 1. The molecule has 2 rings (SSSR count). The smallest absolute Gasteiger partial charge is 0.0863 e. The molecule has 1 saturated carbocycles. The van der Waals surface area contributed by atoms with Gasteiger partial charge in [0, 0.05) is 25.2 Å². The van der Waals surface area contributed by atoms with Gasteiger partial charge in [-0.05, 0) is 46.7 Å². The molecule has 1 fully saturated rings. The molecule has 1 heterocycles. The molecule has 0 radical (unpaired) electrons. The zero-order valence-electron chi connectivity index (χ0n) is 13.2. The molecule has 1 N–H and O–H groups in total. The highest BCUT2D eigenvalue weighted by atomic mass is 35.5. The van der Waals surface area contributed by atoms with Crippen molar-refractivity contribution in [3.8, 4) is 0 Å². The molecule has 1 aliphatic rings. The number of hydrogen-bond acceptors (Lipinski definition) is 3. The van der Waals surface area contributed by atoms with Crippen LogP contribution in [0.1, 0.15) is 44.5 Å². The van der Waals surface area contributed by atoms with Gasteiger partial charge in [-0.1, -0.05) is 18.5 Å². The maximum Gasteiger partial charge on any atom is 0.0863 e. The quantitative estimate of drug-likeness (QED) is 0.840. The van der Waals surface area contributed by atoms with Crippen LogP contribution in [-0.4, -0.2) is 40.9 Å². The molecule has 0 aliphatic heterocycles. The number of nitrogens with one attached hydrogen (secondary N) is 1. The molecular weight excluding hydrogens is 272 g/mol. The van der Waals surface area contributed by atoms with Crippen molar-refractivity contribution in [2.45, 2.75) is 58.2 Å². The number of nitrogens with zero attached hydrogens (tertiary/aromatic N) is 3. The molecule has 4 nitrogen and oxygen atoms in total. The first-order valence-electron chi connectivity index (χ1n) is 7.66. The predicted molar refractivity (Wildman–Crippen MR) is 84.3 cm³/mol. The minimum atomic E-state index is 0.344. The number of likely N-dealkylation sites (N-methyl/N-ethyl adjacent to an activating group) is 1. The maximum atomic E-state index is 6.44. The van der Waals surface area contributed by atoms with Crippen LogP contribution < -0.4 is 5.32 Å². The number of rotatable bonds is 7. The van der Waals surface area contributed by atoms with Gasteiger partial charge in [0.2, 0.25) is 0 Å². The second kappa shape index (κ2) is 6.46. The Bertz CT molecular complexity index is 449. The Morgan fingerprint density at radius 3 is 2.50 bits per heavy atom. The van der Waals surface area contributed by atoms with Crippen LogP contribution in [0.4, 0.5) is 0 Å². The molecule has 20 heavy (non-hydrogen) atoms. The molecule has 1 aromatic rings. The van der Waals surface area contributed by atoms with Gasteiger partial charge < -0.3 is 10.2 Å². The Labute approximate surface area is 127 Å². The molecule has 0 unspecified atom stereocenters. The molecule has 1 aromatic heterocycles. The summed E-state index contributed by atoms with van der Waals surface area (Å²) in [5, 5.41) is 9.00. The first kappa shape index (κ1) is 15.8. The van der Waals surface area contributed by atoms with Crippen LogP contribution in [0.2, 0.25) is 5.02 Å². The Morgan fingerprint density at radius 1 is 1.35 bits per heavy atom. The summed E-state index contributed by atoms with van der Waals surface area (Å²) in [4.78, 5) is 2.36. The molecule has 0 amide bonds. The number of hydrogen-bond donors (Lipinski definition) is 1. The lowest BCUT2D eigenvalue weighted by Gasteiger charge is -2.47. The topological polar surface area (TPSA) is 33.1 Å². The Morgan fingerprint density at radius 2 is 2.05 bits per heavy atom. The molecule has 0 saturated heterocycles. The van der Waals surface area contributed by atoms with E-state index in [0.717, 1.165) is 42.5 Å². The van der Waals surface area contributed by atoms with Crippen molar-refractivity contribution in [2.24, 2.45) is 0 Å². The van der Waals surface area contributed by atoms with E-state index < -0.39 is 0 Å². The van der Waals surface area contributed by atoms with Gasteiger partial charge in [0.05, 0.1) is 16.4 Å². The zero-order valence-corrected chi connectivity index (χ0v) is 13.9. The Kier molecular flexibility index (Phi) is 5.10. The van der Waals surface area contributed by atoms with E-state index in [1.54, 1.807) is 0 Å². The molecule has 5 heteroatoms. The minimum Gasteiger partial charge on any atom is -0.309 e. The van der Waals surface area contributed by atoms with Gasteiger partial charge in [-0.15, -0.1) is 0 Å². The number of aromatic nitrogens is 2. The average Bonchev–Trinajstić information content (AvgIpc) is 2.68. The third-order valence-corrected chi connectivity index (χ3v) is 5.11. The lowest BCUT2D eigenvalue weighted by Crippen LogP contribution is -2.56. The van der Waals surface area contributed by atoms with Gasteiger partial charge in [-0.3, -0.25) is 4.68 Å². The third kappa shape index (κ3) is 2.87. The normalized spacial score (nSPS) is 17.5. The zero-order chi connectivity index (χ0) is 14.8. The van der Waals surface area contributed by atoms with Gasteiger partial charge in [0.15, 0.2) is 0 Å². The number of aryl methyl sites for hydroxylation is 2. The van der Waals surface area contributed by atoms with Crippen LogP contribution in [0.15, 0.2) is 0 Å². The van der Waals surface area contributed by atoms with Crippen molar-refractivity contribution >= 4 is 11.6 Å². The third-order valence-electron chi connectivity index (χ3n) is 4.67. The van der Waals surface area contributed by atoms with Crippen molar-refractivity contribution in [1.29, 1.82) is 0 Å². The van der Waals surface area contributed by atoms with Crippen LogP contribution in [-0.2, 0) is 19.5 Å². The maximum absolute atomic E-state index is 6.44. The van der Waals surface area contributed by atoms with Crippen molar-refractivity contribution in [3.63, 3.8) is 0 Å². The summed E-state index contributed by atoms with van der Waals surface area (Å²) in [7, 11) is 4.36. The molecule has 0 aromatic carbocycles. The fraction of sp³-hybridized carbons (Fsp3) is 0.800. The largest absolute Gasteiger partial charge is 0.309 e. The fourth-order valence-corrected chi connectivity index (χ4v) is 3.30. The van der Waals surface area contributed by atoms with Gasteiger partial charge in [0.25, 0.3) is 0 Å². The van der Waals surface area contributed by atoms with Crippen molar-refractivity contribution < 1.29 is 0 Å². The van der Waals surface area contributed by atoms with Gasteiger partial charge in [0.1, 0.15) is 0 Å².